The maximum absolute atomic E-state index is 11.0. The SMILES string of the molecule is O=C1C(Br)(Br)CC1(Br)Br. The van der Waals surface area contributed by atoms with E-state index in [9.17, 15) is 4.79 Å². The molecule has 0 unspecified atom stereocenters. The number of carbonyl (C=O) groups excluding carboxylic acids is 1. The smallest absolute Gasteiger partial charge is 0.187 e. The molecule has 1 nitrogen and oxygen atoms in total. The zero-order chi connectivity index (χ0) is 7.28. The monoisotopic (exact) mass is 382 g/mol. The van der Waals surface area contributed by atoms with Gasteiger partial charge in [0, 0.05) is 6.42 Å². The molecule has 0 atom stereocenters. The minimum Gasteiger partial charge on any atom is -0.295 e. The zero-order valence-corrected chi connectivity index (χ0v) is 10.5. The van der Waals surface area contributed by atoms with Gasteiger partial charge in [0.25, 0.3) is 0 Å². The molecule has 0 aromatic heterocycles. The third-order valence-corrected chi connectivity index (χ3v) is 3.67. The van der Waals surface area contributed by atoms with E-state index in [2.05, 4.69) is 63.7 Å². The minimum absolute atomic E-state index is 0.0787. The van der Waals surface area contributed by atoms with Crippen LogP contribution >= 0.6 is 63.7 Å². The average molecular weight is 386 g/mol. The zero-order valence-electron chi connectivity index (χ0n) is 4.13. The summed E-state index contributed by atoms with van der Waals surface area (Å²) in [6.45, 7) is 0. The fraction of sp³-hybridized carbons (Fsp3) is 0.750. The Kier molecular flexibility index (Phi) is 2.21. The van der Waals surface area contributed by atoms with Crippen LogP contribution in [0, 0.1) is 0 Å². The third-order valence-electron chi connectivity index (χ3n) is 1.11. The Morgan fingerprint density at radius 1 is 1.11 bits per heavy atom. The first kappa shape index (κ1) is 8.68. The number of hydrogen-bond acceptors (Lipinski definition) is 1. The van der Waals surface area contributed by atoms with Crippen molar-refractivity contribution in [2.24, 2.45) is 0 Å². The summed E-state index contributed by atoms with van der Waals surface area (Å²) < 4.78 is -0.986. The van der Waals surface area contributed by atoms with Crippen LogP contribution in [-0.2, 0) is 4.79 Å². The van der Waals surface area contributed by atoms with Crippen molar-refractivity contribution in [3.8, 4) is 0 Å². The summed E-state index contributed by atoms with van der Waals surface area (Å²) in [7, 11) is 0. The van der Waals surface area contributed by atoms with Crippen LogP contribution in [0.3, 0.4) is 0 Å². The molecule has 0 aromatic carbocycles. The summed E-state index contributed by atoms with van der Waals surface area (Å²) in [6.07, 6.45) is 0.707. The summed E-state index contributed by atoms with van der Waals surface area (Å²) in [6, 6.07) is 0. The van der Waals surface area contributed by atoms with Crippen molar-refractivity contribution in [2.75, 3.05) is 0 Å². The number of carbonyl (C=O) groups is 1. The average Bonchev–Trinajstić information content (AvgIpc) is 1.63. The fourth-order valence-electron chi connectivity index (χ4n) is 0.600. The molecular formula is C4H2Br4O. The second-order valence-corrected chi connectivity index (χ2v) is 9.46. The van der Waals surface area contributed by atoms with Gasteiger partial charge in [-0.25, -0.2) is 0 Å². The molecule has 0 heterocycles. The quantitative estimate of drug-likeness (QED) is 0.586. The van der Waals surface area contributed by atoms with Crippen molar-refractivity contribution in [2.45, 2.75) is 12.9 Å². The molecule has 5 heteroatoms. The molecule has 0 amide bonds. The van der Waals surface area contributed by atoms with E-state index in [0.717, 1.165) is 0 Å². The highest BCUT2D eigenvalue weighted by Crippen LogP contribution is 2.56. The largest absolute Gasteiger partial charge is 0.295 e. The lowest BCUT2D eigenvalue weighted by Crippen LogP contribution is -2.53. The molecule has 52 valence electrons. The van der Waals surface area contributed by atoms with Gasteiger partial charge in [-0.3, -0.25) is 4.79 Å². The summed E-state index contributed by atoms with van der Waals surface area (Å²) in [4.78, 5) is 11.0. The first-order valence-corrected chi connectivity index (χ1v) is 5.34. The Morgan fingerprint density at radius 3 is 1.44 bits per heavy atom. The Balaban J connectivity index is 2.74. The van der Waals surface area contributed by atoms with Gasteiger partial charge >= 0.3 is 0 Å². The van der Waals surface area contributed by atoms with Crippen LogP contribution in [0.15, 0.2) is 0 Å². The predicted molar refractivity (Wildman–Crippen MR) is 50.8 cm³/mol. The molecule has 1 rings (SSSR count). The van der Waals surface area contributed by atoms with Crippen molar-refractivity contribution in [1.82, 2.24) is 0 Å². The van der Waals surface area contributed by atoms with Gasteiger partial charge in [-0.2, -0.15) is 0 Å². The maximum atomic E-state index is 11.0. The number of alkyl halides is 4. The molecule has 0 saturated heterocycles. The van der Waals surface area contributed by atoms with Crippen LogP contribution in [0.2, 0.25) is 0 Å². The molecule has 0 radical (unpaired) electrons. The highest BCUT2D eigenvalue weighted by molar-refractivity contribution is 9.28. The van der Waals surface area contributed by atoms with E-state index in [0.29, 0.717) is 6.42 Å². The van der Waals surface area contributed by atoms with Gasteiger partial charge in [-0.15, -0.1) is 0 Å². The second kappa shape index (κ2) is 2.29. The molecule has 0 N–H and O–H groups in total. The molecule has 1 saturated carbocycles. The molecule has 0 aliphatic heterocycles. The molecule has 0 bridgehead atoms. The van der Waals surface area contributed by atoms with Gasteiger partial charge < -0.3 is 0 Å². The van der Waals surface area contributed by atoms with Crippen LogP contribution in [0.1, 0.15) is 6.42 Å². The van der Waals surface area contributed by atoms with Crippen molar-refractivity contribution < 1.29 is 4.79 Å². The first-order valence-electron chi connectivity index (χ1n) is 2.17. The topological polar surface area (TPSA) is 17.1 Å². The van der Waals surface area contributed by atoms with Crippen molar-refractivity contribution in [3.05, 3.63) is 0 Å². The van der Waals surface area contributed by atoms with E-state index in [1.807, 2.05) is 0 Å². The predicted octanol–water partition coefficient (Wildman–Crippen LogP) is 2.93. The third kappa shape index (κ3) is 1.44. The molecule has 1 aliphatic rings. The normalized spacial score (nSPS) is 29.6. The standard InChI is InChI=1S/C4H2Br4O/c5-3(6)1-4(7,8)2(3)9/h1H2. The van der Waals surface area contributed by atoms with E-state index in [4.69, 9.17) is 0 Å². The van der Waals surface area contributed by atoms with Gasteiger partial charge in [-0.05, 0) is 0 Å². The van der Waals surface area contributed by atoms with Crippen molar-refractivity contribution in [1.29, 1.82) is 0 Å². The number of hydrogen-bond donors (Lipinski definition) is 0. The Bertz CT molecular complexity index is 146. The lowest BCUT2D eigenvalue weighted by atomic mass is 9.98. The maximum Gasteiger partial charge on any atom is 0.187 e. The van der Waals surface area contributed by atoms with Gasteiger partial charge in [-0.1, -0.05) is 63.7 Å². The molecule has 1 fully saturated rings. The van der Waals surface area contributed by atoms with Gasteiger partial charge in [0.2, 0.25) is 0 Å². The van der Waals surface area contributed by atoms with Crippen LogP contribution < -0.4 is 0 Å². The van der Waals surface area contributed by atoms with Gasteiger partial charge in [0.15, 0.2) is 5.78 Å². The number of Topliss-reactive ketones (excluding diaryl/α,β-unsaturated/α-hetero) is 1. The number of ketones is 1. The molecule has 1 aliphatic carbocycles. The van der Waals surface area contributed by atoms with Crippen molar-refractivity contribution >= 4 is 69.5 Å². The summed E-state index contributed by atoms with van der Waals surface area (Å²) >= 11 is 12.8. The number of rotatable bonds is 0. The fourth-order valence-corrected chi connectivity index (χ4v) is 6.21. The minimum atomic E-state index is -0.493. The Labute approximate surface area is 86.5 Å². The molecular weight excluding hydrogens is 384 g/mol. The van der Waals surface area contributed by atoms with E-state index >= 15 is 0 Å². The lowest BCUT2D eigenvalue weighted by molar-refractivity contribution is -0.123. The molecule has 9 heavy (non-hydrogen) atoms. The Hall–Kier alpha value is 1.59. The highest BCUT2D eigenvalue weighted by Gasteiger charge is 2.58. The van der Waals surface area contributed by atoms with Gasteiger partial charge in [0.05, 0.1) is 0 Å². The van der Waals surface area contributed by atoms with E-state index < -0.39 is 6.47 Å². The highest BCUT2D eigenvalue weighted by atomic mass is 79.9. The van der Waals surface area contributed by atoms with E-state index in [1.54, 1.807) is 0 Å². The molecule has 0 spiro atoms. The van der Waals surface area contributed by atoms with Crippen LogP contribution in [-0.4, -0.2) is 12.3 Å². The van der Waals surface area contributed by atoms with Crippen LogP contribution in [0.4, 0.5) is 0 Å². The summed E-state index contributed by atoms with van der Waals surface area (Å²) in [5, 5.41) is 0. The van der Waals surface area contributed by atoms with Gasteiger partial charge in [0.1, 0.15) is 6.47 Å². The van der Waals surface area contributed by atoms with Crippen molar-refractivity contribution in [3.63, 3.8) is 0 Å². The molecule has 0 aromatic rings. The van der Waals surface area contributed by atoms with Crippen LogP contribution in [0.5, 0.6) is 0 Å². The Morgan fingerprint density at radius 2 is 1.44 bits per heavy atom. The van der Waals surface area contributed by atoms with E-state index in [-0.39, 0.29) is 5.78 Å². The lowest BCUT2D eigenvalue weighted by Gasteiger charge is -2.39. The second-order valence-electron chi connectivity index (χ2n) is 1.91. The summed E-state index contributed by atoms with van der Waals surface area (Å²) in [5.74, 6) is 0.0787. The summed E-state index contributed by atoms with van der Waals surface area (Å²) in [5.41, 5.74) is 0. The van der Waals surface area contributed by atoms with Crippen LogP contribution in [0.25, 0.3) is 0 Å². The first-order chi connectivity index (χ1) is 3.86. The number of halogens is 4. The van der Waals surface area contributed by atoms with E-state index in [1.165, 1.54) is 0 Å².